The van der Waals surface area contributed by atoms with Crippen LogP contribution in [0.2, 0.25) is 0 Å². The summed E-state index contributed by atoms with van der Waals surface area (Å²) in [6.45, 7) is 4.15. The predicted molar refractivity (Wildman–Crippen MR) is 74.9 cm³/mol. The number of carbonyl (C=O) groups excluding carboxylic acids is 1. The molecule has 18 heavy (non-hydrogen) atoms. The lowest BCUT2D eigenvalue weighted by atomic mass is 9.86. The highest BCUT2D eigenvalue weighted by atomic mass is 32.1. The van der Waals surface area contributed by atoms with Gasteiger partial charge in [0.2, 0.25) is 0 Å². The van der Waals surface area contributed by atoms with E-state index in [1.807, 2.05) is 6.92 Å². The Balaban J connectivity index is 1.88. The summed E-state index contributed by atoms with van der Waals surface area (Å²) in [5.41, 5.74) is 6.43. The van der Waals surface area contributed by atoms with Crippen molar-refractivity contribution in [1.82, 2.24) is 0 Å². The predicted octanol–water partition coefficient (Wildman–Crippen LogP) is 3.76. The summed E-state index contributed by atoms with van der Waals surface area (Å²) < 4.78 is 5.55. The van der Waals surface area contributed by atoms with Crippen LogP contribution in [0.1, 0.15) is 53.6 Å². The van der Waals surface area contributed by atoms with E-state index in [1.54, 1.807) is 6.07 Å². The minimum atomic E-state index is -0.209. The second kappa shape index (κ2) is 5.74. The van der Waals surface area contributed by atoms with E-state index in [1.165, 1.54) is 30.6 Å². The fraction of sp³-hybridized carbons (Fsp3) is 0.643. The van der Waals surface area contributed by atoms with E-state index in [0.717, 1.165) is 23.6 Å². The van der Waals surface area contributed by atoms with E-state index >= 15 is 0 Å². The number of nitrogen functional groups attached to an aromatic ring is 1. The van der Waals surface area contributed by atoms with Gasteiger partial charge in [0.15, 0.2) is 0 Å². The van der Waals surface area contributed by atoms with Gasteiger partial charge in [0.1, 0.15) is 11.0 Å². The molecular formula is C14H21NO2S. The molecule has 1 aliphatic carbocycles. The van der Waals surface area contributed by atoms with Crippen LogP contribution in [0, 0.1) is 12.8 Å². The van der Waals surface area contributed by atoms with Gasteiger partial charge < -0.3 is 10.5 Å². The van der Waals surface area contributed by atoms with Crippen molar-refractivity contribution in [3.63, 3.8) is 0 Å². The average Bonchev–Trinajstić information content (AvgIpc) is 2.71. The largest absolute Gasteiger partial charge is 0.458 e. The number of aryl methyl sites for hydroxylation is 1. The summed E-state index contributed by atoms with van der Waals surface area (Å²) in [6, 6.07) is 1.72. The minimum Gasteiger partial charge on any atom is -0.458 e. The topological polar surface area (TPSA) is 52.3 Å². The molecule has 1 aromatic heterocycles. The summed E-state index contributed by atoms with van der Waals surface area (Å²) in [4.78, 5) is 13.6. The molecule has 0 amide bonds. The molecule has 2 rings (SSSR count). The summed E-state index contributed by atoms with van der Waals surface area (Å²) in [7, 11) is 0. The van der Waals surface area contributed by atoms with Crippen LogP contribution in [0.5, 0.6) is 0 Å². The fourth-order valence-corrected chi connectivity index (χ4v) is 3.29. The molecule has 0 aromatic carbocycles. The summed E-state index contributed by atoms with van der Waals surface area (Å²) in [6.07, 6.45) is 5.71. The Kier molecular flexibility index (Phi) is 4.27. The van der Waals surface area contributed by atoms with Crippen LogP contribution in [-0.2, 0) is 4.74 Å². The molecule has 0 saturated heterocycles. The number of esters is 1. The van der Waals surface area contributed by atoms with Crippen LogP contribution >= 0.6 is 11.3 Å². The zero-order valence-corrected chi connectivity index (χ0v) is 11.9. The second-order valence-electron chi connectivity index (χ2n) is 5.08. The Morgan fingerprint density at radius 2 is 2.11 bits per heavy atom. The number of hydrogen-bond donors (Lipinski definition) is 1. The molecule has 0 unspecified atom stereocenters. The Morgan fingerprint density at radius 1 is 1.44 bits per heavy atom. The average molecular weight is 267 g/mol. The van der Waals surface area contributed by atoms with E-state index in [4.69, 9.17) is 10.5 Å². The highest BCUT2D eigenvalue weighted by molar-refractivity contribution is 7.14. The fourth-order valence-electron chi connectivity index (χ4n) is 2.46. The zero-order chi connectivity index (χ0) is 13.1. The maximum absolute atomic E-state index is 12.0. The van der Waals surface area contributed by atoms with Crippen molar-refractivity contribution in [2.45, 2.75) is 52.1 Å². The van der Waals surface area contributed by atoms with Crippen molar-refractivity contribution in [3.8, 4) is 0 Å². The first kappa shape index (κ1) is 13.4. The third-order valence-corrected chi connectivity index (χ3v) is 4.85. The van der Waals surface area contributed by atoms with Gasteiger partial charge in [-0.3, -0.25) is 0 Å². The van der Waals surface area contributed by atoms with E-state index in [9.17, 15) is 4.79 Å². The van der Waals surface area contributed by atoms with Crippen molar-refractivity contribution in [1.29, 1.82) is 0 Å². The lowest BCUT2D eigenvalue weighted by Gasteiger charge is -2.27. The molecule has 100 valence electrons. The molecule has 0 atom stereocenters. The molecule has 0 radical (unpaired) electrons. The van der Waals surface area contributed by atoms with Gasteiger partial charge in [-0.1, -0.05) is 13.3 Å². The molecule has 0 bridgehead atoms. The van der Waals surface area contributed by atoms with Gasteiger partial charge in [-0.2, -0.15) is 0 Å². The molecule has 2 N–H and O–H groups in total. The van der Waals surface area contributed by atoms with Gasteiger partial charge in [-0.25, -0.2) is 4.79 Å². The van der Waals surface area contributed by atoms with E-state index in [2.05, 4.69) is 6.92 Å². The van der Waals surface area contributed by atoms with Crippen LogP contribution in [0.15, 0.2) is 6.07 Å². The lowest BCUT2D eigenvalue weighted by Crippen LogP contribution is -2.24. The number of carbonyl (C=O) groups is 1. The Hall–Kier alpha value is -1.03. The van der Waals surface area contributed by atoms with Crippen LogP contribution < -0.4 is 5.73 Å². The standard InChI is InChI=1S/C14H21NO2S/c1-3-10-4-6-11(7-5-10)17-14(16)13-8-12(15)9(2)18-13/h8,10-11H,3-7,15H2,1-2H3. The quantitative estimate of drug-likeness (QED) is 0.848. The third kappa shape index (κ3) is 3.05. The van der Waals surface area contributed by atoms with Crippen molar-refractivity contribution in [3.05, 3.63) is 15.8 Å². The lowest BCUT2D eigenvalue weighted by molar-refractivity contribution is 0.0170. The van der Waals surface area contributed by atoms with Gasteiger partial charge in [-0.05, 0) is 44.6 Å². The van der Waals surface area contributed by atoms with Gasteiger partial charge in [0.25, 0.3) is 0 Å². The van der Waals surface area contributed by atoms with Gasteiger partial charge in [-0.15, -0.1) is 11.3 Å². The molecule has 0 spiro atoms. The molecule has 1 saturated carbocycles. The van der Waals surface area contributed by atoms with Crippen molar-refractivity contribution >= 4 is 23.0 Å². The summed E-state index contributed by atoms with van der Waals surface area (Å²) in [5, 5.41) is 0. The monoisotopic (exact) mass is 267 g/mol. The number of hydrogen-bond acceptors (Lipinski definition) is 4. The second-order valence-corrected chi connectivity index (χ2v) is 6.33. The number of thiophene rings is 1. The van der Waals surface area contributed by atoms with E-state index in [-0.39, 0.29) is 12.1 Å². The first-order valence-corrected chi connectivity index (χ1v) is 7.48. The number of rotatable bonds is 3. The highest BCUT2D eigenvalue weighted by Crippen LogP contribution is 2.30. The number of ether oxygens (including phenoxy) is 1. The zero-order valence-electron chi connectivity index (χ0n) is 11.1. The van der Waals surface area contributed by atoms with Crippen LogP contribution in [-0.4, -0.2) is 12.1 Å². The van der Waals surface area contributed by atoms with Crippen molar-refractivity contribution in [2.75, 3.05) is 5.73 Å². The first-order chi connectivity index (χ1) is 8.60. The Morgan fingerprint density at radius 3 is 2.61 bits per heavy atom. The molecule has 1 aromatic rings. The SMILES string of the molecule is CCC1CCC(OC(=O)c2cc(N)c(C)s2)CC1. The van der Waals surface area contributed by atoms with Gasteiger partial charge in [0, 0.05) is 10.6 Å². The maximum Gasteiger partial charge on any atom is 0.348 e. The highest BCUT2D eigenvalue weighted by Gasteiger charge is 2.24. The normalized spacial score (nSPS) is 23.9. The van der Waals surface area contributed by atoms with E-state index < -0.39 is 0 Å². The Labute approximate surface area is 112 Å². The van der Waals surface area contributed by atoms with Gasteiger partial charge in [0.05, 0.1) is 0 Å². The molecule has 4 heteroatoms. The number of nitrogens with two attached hydrogens (primary N) is 1. The number of anilines is 1. The van der Waals surface area contributed by atoms with Crippen molar-refractivity contribution in [2.24, 2.45) is 5.92 Å². The van der Waals surface area contributed by atoms with Crippen LogP contribution in [0.25, 0.3) is 0 Å². The molecule has 3 nitrogen and oxygen atoms in total. The first-order valence-electron chi connectivity index (χ1n) is 6.67. The van der Waals surface area contributed by atoms with Crippen LogP contribution in [0.3, 0.4) is 0 Å². The molecule has 1 aliphatic rings. The van der Waals surface area contributed by atoms with E-state index in [0.29, 0.717) is 10.6 Å². The van der Waals surface area contributed by atoms with Crippen LogP contribution in [0.4, 0.5) is 5.69 Å². The minimum absolute atomic E-state index is 0.101. The Bertz CT molecular complexity index is 400. The molecule has 0 aliphatic heterocycles. The molecular weight excluding hydrogens is 246 g/mol. The third-order valence-electron chi connectivity index (χ3n) is 3.80. The maximum atomic E-state index is 12.0. The molecule has 1 heterocycles. The summed E-state index contributed by atoms with van der Waals surface area (Å²) in [5.74, 6) is 0.610. The van der Waals surface area contributed by atoms with Gasteiger partial charge >= 0.3 is 5.97 Å². The summed E-state index contributed by atoms with van der Waals surface area (Å²) >= 11 is 1.42. The van der Waals surface area contributed by atoms with Crippen molar-refractivity contribution < 1.29 is 9.53 Å². The smallest absolute Gasteiger partial charge is 0.348 e. The molecule has 1 fully saturated rings.